The van der Waals surface area contributed by atoms with Gasteiger partial charge in [-0.05, 0) is 25.0 Å². The molecule has 3 nitrogen and oxygen atoms in total. The van der Waals surface area contributed by atoms with Crippen molar-refractivity contribution >= 4 is 15.9 Å². The van der Waals surface area contributed by atoms with E-state index in [2.05, 4.69) is 39.9 Å². The van der Waals surface area contributed by atoms with Gasteiger partial charge in [-0.25, -0.2) is 0 Å². The topological polar surface area (TPSA) is 32.7 Å². The highest BCUT2D eigenvalue weighted by atomic mass is 79.9. The quantitative estimate of drug-likeness (QED) is 0.906. The summed E-state index contributed by atoms with van der Waals surface area (Å²) in [5.41, 5.74) is 1.25. The lowest BCUT2D eigenvalue weighted by Gasteiger charge is -2.30. The van der Waals surface area contributed by atoms with Gasteiger partial charge in [0, 0.05) is 30.2 Å². The number of rotatable bonds is 5. The zero-order valence-electron chi connectivity index (χ0n) is 10.7. The molecule has 1 aliphatic heterocycles. The van der Waals surface area contributed by atoms with Gasteiger partial charge in [-0.1, -0.05) is 34.1 Å². The molecule has 2 rings (SSSR count). The number of hydrogen-bond donors (Lipinski definition) is 1. The Bertz CT molecular complexity index is 386. The third kappa shape index (κ3) is 3.32. The van der Waals surface area contributed by atoms with Crippen LogP contribution in [-0.4, -0.2) is 41.9 Å². The maximum absolute atomic E-state index is 9.24. The van der Waals surface area contributed by atoms with Crippen molar-refractivity contribution in [3.05, 3.63) is 34.3 Å². The molecule has 1 saturated heterocycles. The summed E-state index contributed by atoms with van der Waals surface area (Å²) in [4.78, 5) is 2.32. The Balaban J connectivity index is 2.08. The smallest absolute Gasteiger partial charge is 0.0703 e. The molecule has 0 spiro atoms. The van der Waals surface area contributed by atoms with Crippen LogP contribution in [0.15, 0.2) is 28.7 Å². The Hall–Kier alpha value is -0.420. The minimum atomic E-state index is 0.188. The van der Waals surface area contributed by atoms with Gasteiger partial charge >= 0.3 is 0 Å². The normalized spacial score (nSPS) is 23.8. The lowest BCUT2D eigenvalue weighted by atomic mass is 10.1. The number of halogens is 1. The van der Waals surface area contributed by atoms with Crippen molar-refractivity contribution < 1.29 is 9.84 Å². The fraction of sp³-hybridized carbons (Fsp3) is 0.571. The first-order chi connectivity index (χ1) is 8.72. The van der Waals surface area contributed by atoms with E-state index in [0.717, 1.165) is 24.0 Å². The van der Waals surface area contributed by atoms with E-state index >= 15 is 0 Å². The second-order valence-electron chi connectivity index (χ2n) is 4.72. The van der Waals surface area contributed by atoms with Gasteiger partial charge < -0.3 is 9.84 Å². The van der Waals surface area contributed by atoms with Crippen LogP contribution >= 0.6 is 15.9 Å². The molecule has 0 aromatic heterocycles. The maximum Gasteiger partial charge on any atom is 0.0703 e. The van der Waals surface area contributed by atoms with Crippen molar-refractivity contribution in [1.82, 2.24) is 4.90 Å². The Morgan fingerprint density at radius 2 is 2.22 bits per heavy atom. The van der Waals surface area contributed by atoms with Crippen molar-refractivity contribution in [2.75, 3.05) is 19.8 Å². The maximum atomic E-state index is 9.24. The van der Waals surface area contributed by atoms with E-state index in [1.165, 1.54) is 5.56 Å². The molecule has 18 heavy (non-hydrogen) atoms. The highest BCUT2D eigenvalue weighted by Crippen LogP contribution is 2.24. The third-order valence-corrected chi connectivity index (χ3v) is 4.30. The predicted octanol–water partition coefficient (Wildman–Crippen LogP) is 2.42. The first-order valence-corrected chi connectivity index (χ1v) is 7.21. The molecule has 1 heterocycles. The Morgan fingerprint density at radius 1 is 1.44 bits per heavy atom. The zero-order valence-corrected chi connectivity index (χ0v) is 12.3. The van der Waals surface area contributed by atoms with E-state index < -0.39 is 0 Å². The average molecular weight is 314 g/mol. The molecule has 4 heteroatoms. The van der Waals surface area contributed by atoms with Crippen molar-refractivity contribution in [2.45, 2.75) is 32.0 Å². The van der Waals surface area contributed by atoms with E-state index in [-0.39, 0.29) is 12.7 Å². The van der Waals surface area contributed by atoms with Gasteiger partial charge in [0.2, 0.25) is 0 Å². The van der Waals surface area contributed by atoms with Crippen molar-refractivity contribution in [1.29, 1.82) is 0 Å². The number of hydrogen-bond acceptors (Lipinski definition) is 3. The number of aliphatic hydroxyl groups excluding tert-OH is 1. The van der Waals surface area contributed by atoms with Crippen LogP contribution in [0, 0.1) is 0 Å². The first kappa shape index (κ1) is 14.0. The van der Waals surface area contributed by atoms with Gasteiger partial charge in [0.15, 0.2) is 0 Å². The summed E-state index contributed by atoms with van der Waals surface area (Å²) in [5.74, 6) is 0. The molecule has 0 radical (unpaired) electrons. The monoisotopic (exact) mass is 313 g/mol. The van der Waals surface area contributed by atoms with E-state index in [9.17, 15) is 5.11 Å². The number of ether oxygens (including phenoxy) is 1. The first-order valence-electron chi connectivity index (χ1n) is 6.42. The molecular formula is C14H20BrNO2. The summed E-state index contributed by atoms with van der Waals surface area (Å²) < 4.78 is 6.75. The molecule has 0 aliphatic carbocycles. The van der Waals surface area contributed by atoms with Gasteiger partial charge in [0.05, 0.1) is 12.7 Å². The molecule has 1 aromatic rings. The van der Waals surface area contributed by atoms with Gasteiger partial charge in [0.25, 0.3) is 0 Å². The molecule has 1 aromatic carbocycles. The summed E-state index contributed by atoms with van der Waals surface area (Å²) in [6.07, 6.45) is 1.30. The van der Waals surface area contributed by atoms with Crippen LogP contribution < -0.4 is 0 Å². The molecule has 0 unspecified atom stereocenters. The molecule has 100 valence electrons. The van der Waals surface area contributed by atoms with Crippen LogP contribution in [0.5, 0.6) is 0 Å². The second kappa shape index (κ2) is 6.66. The van der Waals surface area contributed by atoms with Crippen molar-refractivity contribution in [3.63, 3.8) is 0 Å². The molecule has 1 fully saturated rings. The Labute approximate surface area is 117 Å². The van der Waals surface area contributed by atoms with E-state index in [1.54, 1.807) is 0 Å². The SMILES string of the molecule is C[C@@H]1OCC[C@@H]1N(CCO)Cc1ccccc1Br. The van der Waals surface area contributed by atoms with Crippen LogP contribution in [0.25, 0.3) is 0 Å². The third-order valence-electron chi connectivity index (χ3n) is 3.52. The summed E-state index contributed by atoms with van der Waals surface area (Å²) >= 11 is 3.58. The largest absolute Gasteiger partial charge is 0.395 e. The molecule has 0 saturated carbocycles. The number of aliphatic hydroxyl groups is 1. The molecule has 0 bridgehead atoms. The average Bonchev–Trinajstić information content (AvgIpc) is 2.78. The van der Waals surface area contributed by atoms with Gasteiger partial charge in [-0.15, -0.1) is 0 Å². The molecular weight excluding hydrogens is 294 g/mol. The Morgan fingerprint density at radius 3 is 2.83 bits per heavy atom. The lowest BCUT2D eigenvalue weighted by molar-refractivity contribution is 0.0621. The van der Waals surface area contributed by atoms with Crippen LogP contribution in [0.1, 0.15) is 18.9 Å². The predicted molar refractivity (Wildman–Crippen MR) is 75.5 cm³/mol. The number of nitrogens with zero attached hydrogens (tertiary/aromatic N) is 1. The Kier molecular flexibility index (Phi) is 5.18. The molecule has 0 amide bonds. The van der Waals surface area contributed by atoms with E-state index in [1.807, 2.05) is 12.1 Å². The summed E-state index contributed by atoms with van der Waals surface area (Å²) in [6.45, 7) is 4.67. The standard InChI is InChI=1S/C14H20BrNO2/c1-11-14(6-9-18-11)16(7-8-17)10-12-4-2-3-5-13(12)15/h2-5,11,14,17H,6-10H2,1H3/t11-,14-/m0/s1. The van der Waals surface area contributed by atoms with E-state index in [0.29, 0.717) is 12.6 Å². The fourth-order valence-corrected chi connectivity index (χ4v) is 2.95. The molecule has 1 N–H and O–H groups in total. The highest BCUT2D eigenvalue weighted by molar-refractivity contribution is 9.10. The van der Waals surface area contributed by atoms with Crippen molar-refractivity contribution in [3.8, 4) is 0 Å². The fourth-order valence-electron chi connectivity index (χ4n) is 2.54. The zero-order chi connectivity index (χ0) is 13.0. The lowest BCUT2D eigenvalue weighted by Crippen LogP contribution is -2.41. The summed E-state index contributed by atoms with van der Waals surface area (Å²) in [6, 6.07) is 8.65. The summed E-state index contributed by atoms with van der Waals surface area (Å²) in [7, 11) is 0. The van der Waals surface area contributed by atoms with Crippen molar-refractivity contribution in [2.24, 2.45) is 0 Å². The van der Waals surface area contributed by atoms with Crippen LogP contribution in [0.4, 0.5) is 0 Å². The molecule has 2 atom stereocenters. The van der Waals surface area contributed by atoms with Gasteiger partial charge in [-0.2, -0.15) is 0 Å². The minimum Gasteiger partial charge on any atom is -0.395 e. The van der Waals surface area contributed by atoms with Gasteiger partial charge in [-0.3, -0.25) is 4.90 Å². The molecule has 1 aliphatic rings. The second-order valence-corrected chi connectivity index (χ2v) is 5.57. The number of benzene rings is 1. The minimum absolute atomic E-state index is 0.188. The van der Waals surface area contributed by atoms with Gasteiger partial charge in [0.1, 0.15) is 0 Å². The summed E-state index contributed by atoms with van der Waals surface area (Å²) in [5, 5.41) is 9.24. The van der Waals surface area contributed by atoms with Crippen LogP contribution in [0.3, 0.4) is 0 Å². The van der Waals surface area contributed by atoms with E-state index in [4.69, 9.17) is 4.74 Å². The van der Waals surface area contributed by atoms with Crippen LogP contribution in [-0.2, 0) is 11.3 Å². The highest BCUT2D eigenvalue weighted by Gasteiger charge is 2.29. The van der Waals surface area contributed by atoms with Crippen LogP contribution in [0.2, 0.25) is 0 Å².